The molecule has 0 aliphatic rings. The van der Waals surface area contributed by atoms with Crippen molar-refractivity contribution in [2.75, 3.05) is 25.6 Å². The van der Waals surface area contributed by atoms with Gasteiger partial charge in [0.25, 0.3) is 0 Å². The van der Waals surface area contributed by atoms with E-state index in [0.29, 0.717) is 11.3 Å². The van der Waals surface area contributed by atoms with Gasteiger partial charge in [0.1, 0.15) is 0 Å². The van der Waals surface area contributed by atoms with Gasteiger partial charge < -0.3 is 20.5 Å². The Balaban J connectivity index is 2.42. The van der Waals surface area contributed by atoms with Gasteiger partial charge in [0.2, 0.25) is 0 Å². The number of hydrogen-bond donors (Lipinski definition) is 3. The summed E-state index contributed by atoms with van der Waals surface area (Å²) in [6.07, 6.45) is -0.744. The molecular formula is C12H15N3O3. The van der Waals surface area contributed by atoms with Crippen LogP contribution in [0.3, 0.4) is 0 Å². The van der Waals surface area contributed by atoms with E-state index in [0.717, 1.165) is 0 Å². The number of carbonyl (C=O) groups is 1. The summed E-state index contributed by atoms with van der Waals surface area (Å²) in [7, 11) is 1.47. The Bertz CT molecular complexity index is 442. The largest absolute Gasteiger partial charge is 0.389 e. The molecule has 0 spiro atoms. The second-order valence-corrected chi connectivity index (χ2v) is 3.64. The van der Waals surface area contributed by atoms with Gasteiger partial charge in [-0.15, -0.1) is 0 Å². The van der Waals surface area contributed by atoms with Gasteiger partial charge in [0.15, 0.2) is 0 Å². The Hall–Kier alpha value is -2.10. The third kappa shape index (κ3) is 4.82. The Kier molecular flexibility index (Phi) is 5.64. The van der Waals surface area contributed by atoms with Crippen molar-refractivity contribution in [3.63, 3.8) is 0 Å². The summed E-state index contributed by atoms with van der Waals surface area (Å²) in [4.78, 5) is 11.5. The fraction of sp³-hybridized carbons (Fsp3) is 0.333. The number of nitrogens with one attached hydrogen (secondary N) is 2. The molecule has 0 saturated heterocycles. The molecule has 2 amide bonds. The molecule has 0 radical (unpaired) electrons. The van der Waals surface area contributed by atoms with Crippen molar-refractivity contribution < 1.29 is 14.6 Å². The van der Waals surface area contributed by atoms with Crippen LogP contribution < -0.4 is 10.6 Å². The number of hydrogen-bond acceptors (Lipinski definition) is 4. The standard InChI is InChI=1S/C12H15N3O3/c1-18-8-11(16)7-14-12(17)15-10-4-2-3-9(5-10)6-13/h2-5,11,16H,7-8H2,1H3,(H2,14,15,17). The van der Waals surface area contributed by atoms with Crippen molar-refractivity contribution in [3.05, 3.63) is 29.8 Å². The molecule has 0 bridgehead atoms. The highest BCUT2D eigenvalue weighted by Crippen LogP contribution is 2.09. The van der Waals surface area contributed by atoms with Crippen LogP contribution in [0.4, 0.5) is 10.5 Å². The molecule has 1 aromatic rings. The zero-order chi connectivity index (χ0) is 13.4. The Morgan fingerprint density at radius 1 is 1.61 bits per heavy atom. The predicted octanol–water partition coefficient (Wildman–Crippen LogP) is 0.687. The van der Waals surface area contributed by atoms with Gasteiger partial charge >= 0.3 is 6.03 Å². The van der Waals surface area contributed by atoms with Crippen molar-refractivity contribution in [1.82, 2.24) is 5.32 Å². The Labute approximate surface area is 105 Å². The van der Waals surface area contributed by atoms with Gasteiger partial charge in [-0.3, -0.25) is 0 Å². The molecule has 0 heterocycles. The van der Waals surface area contributed by atoms with Gasteiger partial charge in [-0.2, -0.15) is 5.26 Å². The van der Waals surface area contributed by atoms with Crippen molar-refractivity contribution in [2.24, 2.45) is 0 Å². The van der Waals surface area contributed by atoms with E-state index in [1.165, 1.54) is 7.11 Å². The first kappa shape index (κ1) is 14.0. The fourth-order valence-electron chi connectivity index (χ4n) is 1.30. The summed E-state index contributed by atoms with van der Waals surface area (Å²) in [5.41, 5.74) is 0.986. The first-order valence-electron chi connectivity index (χ1n) is 5.37. The Morgan fingerprint density at radius 2 is 2.39 bits per heavy atom. The molecule has 96 valence electrons. The average Bonchev–Trinajstić information content (AvgIpc) is 2.37. The first-order valence-corrected chi connectivity index (χ1v) is 5.37. The van der Waals surface area contributed by atoms with Crippen LogP contribution in [0.15, 0.2) is 24.3 Å². The maximum Gasteiger partial charge on any atom is 0.319 e. The fourth-order valence-corrected chi connectivity index (χ4v) is 1.30. The van der Waals surface area contributed by atoms with Crippen LogP contribution in [0.25, 0.3) is 0 Å². The molecule has 6 nitrogen and oxygen atoms in total. The van der Waals surface area contributed by atoms with E-state index in [1.807, 2.05) is 6.07 Å². The lowest BCUT2D eigenvalue weighted by atomic mass is 10.2. The predicted molar refractivity (Wildman–Crippen MR) is 66.1 cm³/mol. The summed E-state index contributed by atoms with van der Waals surface area (Å²) < 4.78 is 4.73. The van der Waals surface area contributed by atoms with Crippen LogP contribution in [-0.4, -0.2) is 37.5 Å². The molecule has 3 N–H and O–H groups in total. The van der Waals surface area contributed by atoms with Crippen molar-refractivity contribution in [3.8, 4) is 6.07 Å². The SMILES string of the molecule is COCC(O)CNC(=O)Nc1cccc(C#N)c1. The lowest BCUT2D eigenvalue weighted by molar-refractivity contribution is 0.0663. The van der Waals surface area contributed by atoms with E-state index in [1.54, 1.807) is 24.3 Å². The number of methoxy groups -OCH3 is 1. The maximum atomic E-state index is 11.5. The minimum absolute atomic E-state index is 0.0949. The lowest BCUT2D eigenvalue weighted by Crippen LogP contribution is -2.37. The van der Waals surface area contributed by atoms with Crippen LogP contribution >= 0.6 is 0 Å². The summed E-state index contributed by atoms with van der Waals surface area (Å²) in [5, 5.41) is 23.1. The molecule has 1 aromatic carbocycles. The number of rotatable bonds is 5. The number of nitrogens with zero attached hydrogens (tertiary/aromatic N) is 1. The average molecular weight is 249 g/mol. The topological polar surface area (TPSA) is 94.4 Å². The molecule has 1 atom stereocenters. The summed E-state index contributed by atoms with van der Waals surface area (Å²) in [5.74, 6) is 0. The minimum atomic E-state index is -0.744. The van der Waals surface area contributed by atoms with Crippen LogP contribution in [0.2, 0.25) is 0 Å². The highest BCUT2D eigenvalue weighted by molar-refractivity contribution is 5.89. The van der Waals surface area contributed by atoms with Crippen LogP contribution in [0, 0.1) is 11.3 Å². The van der Waals surface area contributed by atoms with E-state index >= 15 is 0 Å². The molecule has 1 rings (SSSR count). The van der Waals surface area contributed by atoms with E-state index in [-0.39, 0.29) is 13.2 Å². The highest BCUT2D eigenvalue weighted by atomic mass is 16.5. The van der Waals surface area contributed by atoms with Crippen LogP contribution in [0.5, 0.6) is 0 Å². The van der Waals surface area contributed by atoms with Gasteiger partial charge in [0.05, 0.1) is 24.3 Å². The zero-order valence-corrected chi connectivity index (χ0v) is 10.0. The van der Waals surface area contributed by atoms with Crippen molar-refractivity contribution in [2.45, 2.75) is 6.10 Å². The number of nitriles is 1. The summed E-state index contributed by atoms with van der Waals surface area (Å²) in [6, 6.07) is 8.09. The molecular weight excluding hydrogens is 234 g/mol. The molecule has 0 aromatic heterocycles. The third-order valence-corrected chi connectivity index (χ3v) is 2.11. The molecule has 6 heteroatoms. The second kappa shape index (κ2) is 7.27. The molecule has 0 aliphatic heterocycles. The zero-order valence-electron chi connectivity index (χ0n) is 10.0. The molecule has 18 heavy (non-hydrogen) atoms. The molecule has 1 unspecified atom stereocenters. The van der Waals surface area contributed by atoms with Crippen molar-refractivity contribution in [1.29, 1.82) is 5.26 Å². The lowest BCUT2D eigenvalue weighted by Gasteiger charge is -2.11. The van der Waals surface area contributed by atoms with E-state index in [4.69, 9.17) is 10.00 Å². The van der Waals surface area contributed by atoms with Gasteiger partial charge in [-0.05, 0) is 18.2 Å². The highest BCUT2D eigenvalue weighted by Gasteiger charge is 2.06. The summed E-state index contributed by atoms with van der Waals surface area (Å²) >= 11 is 0. The number of ether oxygens (including phenoxy) is 1. The van der Waals surface area contributed by atoms with Gasteiger partial charge in [-0.1, -0.05) is 6.07 Å². The minimum Gasteiger partial charge on any atom is -0.389 e. The van der Waals surface area contributed by atoms with E-state index in [2.05, 4.69) is 10.6 Å². The molecule has 0 fully saturated rings. The number of urea groups is 1. The molecule has 0 saturated carbocycles. The molecule has 0 aliphatic carbocycles. The quantitative estimate of drug-likeness (QED) is 0.715. The number of aliphatic hydroxyl groups excluding tert-OH is 1. The number of anilines is 1. The van der Waals surface area contributed by atoms with Crippen LogP contribution in [0.1, 0.15) is 5.56 Å². The number of amides is 2. The van der Waals surface area contributed by atoms with E-state index < -0.39 is 12.1 Å². The first-order chi connectivity index (χ1) is 8.65. The van der Waals surface area contributed by atoms with Crippen LogP contribution in [-0.2, 0) is 4.74 Å². The van der Waals surface area contributed by atoms with Crippen molar-refractivity contribution >= 4 is 11.7 Å². The number of benzene rings is 1. The number of carbonyl (C=O) groups excluding carboxylic acids is 1. The third-order valence-electron chi connectivity index (χ3n) is 2.11. The maximum absolute atomic E-state index is 11.5. The van der Waals surface area contributed by atoms with Gasteiger partial charge in [0, 0.05) is 19.3 Å². The second-order valence-electron chi connectivity index (χ2n) is 3.64. The van der Waals surface area contributed by atoms with E-state index in [9.17, 15) is 9.90 Å². The van der Waals surface area contributed by atoms with Gasteiger partial charge in [-0.25, -0.2) is 4.79 Å². The normalized spacial score (nSPS) is 11.4. The Morgan fingerprint density at radius 3 is 3.06 bits per heavy atom. The monoisotopic (exact) mass is 249 g/mol. The smallest absolute Gasteiger partial charge is 0.319 e. The summed E-state index contributed by atoms with van der Waals surface area (Å²) in [6.45, 7) is 0.252. The number of aliphatic hydroxyl groups is 1.